The predicted octanol–water partition coefficient (Wildman–Crippen LogP) is 6.51. The third-order valence-corrected chi connectivity index (χ3v) is 6.59. The summed E-state index contributed by atoms with van der Waals surface area (Å²) < 4.78 is 0. The molecular weight excluding hydrogens is 376 g/mol. The molecule has 2 aromatic carbocycles. The van der Waals surface area contributed by atoms with Gasteiger partial charge in [0.25, 0.3) is 0 Å². The highest BCUT2D eigenvalue weighted by Crippen LogP contribution is 2.24. The fourth-order valence-corrected chi connectivity index (χ4v) is 4.40. The van der Waals surface area contributed by atoms with E-state index < -0.39 is 0 Å². The first-order chi connectivity index (χ1) is 15.0. The van der Waals surface area contributed by atoms with E-state index in [4.69, 9.17) is 0 Å². The maximum absolute atomic E-state index is 3.85. The summed E-state index contributed by atoms with van der Waals surface area (Å²) >= 11 is 0. The lowest BCUT2D eigenvalue weighted by Crippen LogP contribution is -2.34. The van der Waals surface area contributed by atoms with Crippen molar-refractivity contribution in [2.75, 3.05) is 26.2 Å². The fourth-order valence-electron chi connectivity index (χ4n) is 4.40. The minimum absolute atomic E-state index is 0.984. The zero-order chi connectivity index (χ0) is 22.6. The molecule has 0 amide bonds. The molecule has 31 heavy (non-hydrogen) atoms. The Morgan fingerprint density at radius 1 is 0.935 bits per heavy atom. The molecule has 0 saturated heterocycles. The second kappa shape index (κ2) is 13.5. The van der Waals surface area contributed by atoms with E-state index in [0.717, 1.165) is 45.4 Å². The van der Waals surface area contributed by atoms with Crippen LogP contribution in [0, 0.1) is 13.8 Å². The Bertz CT molecular complexity index is 804. The summed E-state index contributed by atoms with van der Waals surface area (Å²) in [5.74, 6) is 0. The van der Waals surface area contributed by atoms with Gasteiger partial charge in [-0.25, -0.2) is 0 Å². The van der Waals surface area contributed by atoms with Gasteiger partial charge in [-0.2, -0.15) is 0 Å². The molecule has 2 rings (SSSR count). The van der Waals surface area contributed by atoms with Crippen molar-refractivity contribution >= 4 is 6.08 Å². The van der Waals surface area contributed by atoms with Crippen LogP contribution < -0.4 is 5.32 Å². The molecule has 0 heterocycles. The molecule has 2 aromatic rings. The van der Waals surface area contributed by atoms with Crippen molar-refractivity contribution in [3.63, 3.8) is 0 Å². The van der Waals surface area contributed by atoms with E-state index in [1.165, 1.54) is 52.8 Å². The van der Waals surface area contributed by atoms with Gasteiger partial charge in [-0.1, -0.05) is 70.2 Å². The molecule has 0 aliphatic heterocycles. The maximum atomic E-state index is 3.85. The van der Waals surface area contributed by atoms with Gasteiger partial charge in [0.1, 0.15) is 0 Å². The molecule has 0 aliphatic rings. The predicted molar refractivity (Wildman–Crippen MR) is 138 cm³/mol. The highest BCUT2D eigenvalue weighted by atomic mass is 15.1. The number of rotatable bonds is 14. The average molecular weight is 421 g/mol. The van der Waals surface area contributed by atoms with E-state index in [1.807, 2.05) is 6.08 Å². The summed E-state index contributed by atoms with van der Waals surface area (Å²) in [5, 5.41) is 3.77. The highest BCUT2D eigenvalue weighted by Gasteiger charge is 2.12. The Labute approximate surface area is 191 Å². The summed E-state index contributed by atoms with van der Waals surface area (Å²) in [4.78, 5) is 2.62. The fraction of sp³-hybridized carbons (Fsp3) is 0.517. The van der Waals surface area contributed by atoms with Crippen LogP contribution in [0.3, 0.4) is 0 Å². The first-order valence-electron chi connectivity index (χ1n) is 12.3. The van der Waals surface area contributed by atoms with Gasteiger partial charge in [0, 0.05) is 26.2 Å². The lowest BCUT2D eigenvalue weighted by Gasteiger charge is -2.23. The van der Waals surface area contributed by atoms with Crippen molar-refractivity contribution in [1.82, 2.24) is 10.2 Å². The summed E-state index contributed by atoms with van der Waals surface area (Å²) in [6.45, 7) is 20.7. The van der Waals surface area contributed by atoms with Crippen LogP contribution in [0.1, 0.15) is 72.6 Å². The smallest absolute Gasteiger partial charge is 0.0211 e. The summed E-state index contributed by atoms with van der Waals surface area (Å²) in [5.41, 5.74) is 10.1. The Hall–Kier alpha value is -1.90. The topological polar surface area (TPSA) is 15.3 Å². The zero-order valence-electron chi connectivity index (χ0n) is 20.7. The van der Waals surface area contributed by atoms with Gasteiger partial charge in [-0.15, -0.1) is 0 Å². The van der Waals surface area contributed by atoms with E-state index in [9.17, 15) is 0 Å². The molecule has 0 aliphatic carbocycles. The van der Waals surface area contributed by atoms with Gasteiger partial charge in [0.15, 0.2) is 0 Å². The van der Waals surface area contributed by atoms with E-state index in [1.54, 1.807) is 5.56 Å². The van der Waals surface area contributed by atoms with Gasteiger partial charge in [-0.3, -0.25) is 0 Å². The maximum Gasteiger partial charge on any atom is 0.0211 e. The van der Waals surface area contributed by atoms with Gasteiger partial charge >= 0.3 is 0 Å². The highest BCUT2D eigenvalue weighted by molar-refractivity contribution is 5.47. The number of aryl methyl sites for hydroxylation is 2. The van der Waals surface area contributed by atoms with E-state index in [0.29, 0.717) is 0 Å². The van der Waals surface area contributed by atoms with Crippen LogP contribution in [0.25, 0.3) is 6.08 Å². The summed E-state index contributed by atoms with van der Waals surface area (Å²) in [6.07, 6.45) is 7.76. The molecule has 0 fully saturated rings. The lowest BCUT2D eigenvalue weighted by molar-refractivity contribution is 0.271. The first kappa shape index (κ1) is 25.4. The molecule has 0 atom stereocenters. The molecule has 2 nitrogen and oxygen atoms in total. The molecule has 0 radical (unpaired) electrons. The van der Waals surface area contributed by atoms with Crippen LogP contribution in [0.4, 0.5) is 0 Å². The van der Waals surface area contributed by atoms with Crippen molar-refractivity contribution in [2.45, 2.75) is 73.3 Å². The molecule has 0 unspecified atom stereocenters. The van der Waals surface area contributed by atoms with Gasteiger partial charge in [-0.05, 0) is 85.0 Å². The Morgan fingerprint density at radius 3 is 2.29 bits per heavy atom. The standard InChI is InChI=1S/C29H44N2/c1-7-11-18-31(19-16-26-14-12-25(8-2)13-15-26)20-17-30-22-29-27(9-3)21-23(5)24(6)28(29)10-4/h8,12-15,21,30H,2,7,9-11,16-20,22H2,1,3-6H3. The number of hydrogen-bond donors (Lipinski definition) is 1. The van der Waals surface area contributed by atoms with Crippen molar-refractivity contribution in [2.24, 2.45) is 0 Å². The van der Waals surface area contributed by atoms with Crippen molar-refractivity contribution in [1.29, 1.82) is 0 Å². The van der Waals surface area contributed by atoms with Gasteiger partial charge < -0.3 is 10.2 Å². The monoisotopic (exact) mass is 420 g/mol. The second-order valence-corrected chi connectivity index (χ2v) is 8.71. The van der Waals surface area contributed by atoms with E-state index >= 15 is 0 Å². The molecular formula is C29H44N2. The molecule has 0 saturated carbocycles. The SMILES string of the molecule is C=Cc1ccc(CCN(CCCC)CCNCc2c(CC)cc(C)c(C)c2CC)cc1. The minimum Gasteiger partial charge on any atom is -0.311 e. The molecule has 2 heteroatoms. The zero-order valence-corrected chi connectivity index (χ0v) is 20.7. The number of benzene rings is 2. The summed E-state index contributed by atoms with van der Waals surface area (Å²) in [7, 11) is 0. The average Bonchev–Trinajstić information content (AvgIpc) is 2.80. The normalized spacial score (nSPS) is 11.3. The molecule has 1 N–H and O–H groups in total. The van der Waals surface area contributed by atoms with Crippen LogP contribution in [-0.2, 0) is 25.8 Å². The van der Waals surface area contributed by atoms with Crippen LogP contribution in [0.5, 0.6) is 0 Å². The van der Waals surface area contributed by atoms with Crippen molar-refractivity contribution in [3.8, 4) is 0 Å². The van der Waals surface area contributed by atoms with Crippen molar-refractivity contribution in [3.05, 3.63) is 75.9 Å². The largest absolute Gasteiger partial charge is 0.311 e. The van der Waals surface area contributed by atoms with Crippen LogP contribution in [0.15, 0.2) is 36.9 Å². The van der Waals surface area contributed by atoms with Gasteiger partial charge in [0.2, 0.25) is 0 Å². The number of nitrogens with zero attached hydrogens (tertiary/aromatic N) is 1. The second-order valence-electron chi connectivity index (χ2n) is 8.71. The third kappa shape index (κ3) is 7.63. The minimum atomic E-state index is 0.984. The van der Waals surface area contributed by atoms with E-state index in [-0.39, 0.29) is 0 Å². The van der Waals surface area contributed by atoms with Crippen molar-refractivity contribution < 1.29 is 0 Å². The molecule has 0 spiro atoms. The molecule has 170 valence electrons. The Morgan fingerprint density at radius 2 is 1.68 bits per heavy atom. The quantitative estimate of drug-likeness (QED) is 0.351. The number of hydrogen-bond acceptors (Lipinski definition) is 2. The Kier molecular flexibility index (Phi) is 11.0. The Balaban J connectivity index is 1.92. The lowest BCUT2D eigenvalue weighted by atomic mass is 9.90. The number of unbranched alkanes of at least 4 members (excludes halogenated alkanes) is 1. The van der Waals surface area contributed by atoms with Crippen LogP contribution in [-0.4, -0.2) is 31.1 Å². The first-order valence-corrected chi connectivity index (χ1v) is 12.3. The van der Waals surface area contributed by atoms with Crippen LogP contribution >= 0.6 is 0 Å². The molecule has 0 bridgehead atoms. The molecule has 0 aromatic heterocycles. The third-order valence-electron chi connectivity index (χ3n) is 6.59. The van der Waals surface area contributed by atoms with Gasteiger partial charge in [0.05, 0.1) is 0 Å². The summed E-state index contributed by atoms with van der Waals surface area (Å²) in [6, 6.07) is 11.2. The number of nitrogens with one attached hydrogen (secondary N) is 1. The van der Waals surface area contributed by atoms with Crippen LogP contribution in [0.2, 0.25) is 0 Å². The van der Waals surface area contributed by atoms with E-state index in [2.05, 4.69) is 81.7 Å².